The van der Waals surface area contributed by atoms with Crippen LogP contribution in [0.5, 0.6) is 0 Å². The fourth-order valence-corrected chi connectivity index (χ4v) is 4.32. The summed E-state index contributed by atoms with van der Waals surface area (Å²) in [5.74, 6) is 0.164. The zero-order chi connectivity index (χ0) is 14.9. The van der Waals surface area contributed by atoms with Gasteiger partial charge in [-0.25, -0.2) is 13.2 Å². The highest BCUT2D eigenvalue weighted by atomic mass is 32.2. The van der Waals surface area contributed by atoms with Crippen LogP contribution in [0.15, 0.2) is 0 Å². The van der Waals surface area contributed by atoms with Gasteiger partial charge >= 0.3 is 6.03 Å². The summed E-state index contributed by atoms with van der Waals surface area (Å²) in [6.07, 6.45) is 0.756. The van der Waals surface area contributed by atoms with Crippen molar-refractivity contribution in [3.63, 3.8) is 0 Å². The van der Waals surface area contributed by atoms with E-state index in [0.29, 0.717) is 19.4 Å². The minimum atomic E-state index is -3.00. The molecule has 7 nitrogen and oxygen atoms in total. The quantitative estimate of drug-likeness (QED) is 0.733. The van der Waals surface area contributed by atoms with Crippen LogP contribution in [-0.2, 0) is 14.6 Å². The number of urea groups is 1. The molecule has 2 atom stereocenters. The maximum Gasteiger partial charge on any atom is 0.315 e. The van der Waals surface area contributed by atoms with Gasteiger partial charge in [0.25, 0.3) is 0 Å². The van der Waals surface area contributed by atoms with Gasteiger partial charge in [0.1, 0.15) is 0 Å². The molecule has 20 heavy (non-hydrogen) atoms. The van der Waals surface area contributed by atoms with Crippen molar-refractivity contribution in [2.24, 2.45) is 0 Å². The molecule has 2 N–H and O–H groups in total. The molecule has 3 amide bonds. The summed E-state index contributed by atoms with van der Waals surface area (Å²) in [7, 11) is -3.00. The molecule has 2 unspecified atom stereocenters. The number of hydrogen-bond donors (Lipinski definition) is 2. The highest BCUT2D eigenvalue weighted by Crippen LogP contribution is 2.15. The standard InChI is InChI=1S/C12H21N3O4S/c1-8(2)15-6-10(5-11(15)16)14-12(17)13-9-3-4-20(18,19)7-9/h8-10H,3-7H2,1-2H3,(H2,13,14,17). The van der Waals surface area contributed by atoms with Gasteiger partial charge in [-0.2, -0.15) is 0 Å². The fraction of sp³-hybridized carbons (Fsp3) is 0.833. The fourth-order valence-electron chi connectivity index (χ4n) is 2.65. The first-order valence-electron chi connectivity index (χ1n) is 6.84. The maximum absolute atomic E-state index is 11.8. The zero-order valence-electron chi connectivity index (χ0n) is 11.8. The van der Waals surface area contributed by atoms with E-state index in [4.69, 9.17) is 0 Å². The molecule has 2 fully saturated rings. The first kappa shape index (κ1) is 15.1. The van der Waals surface area contributed by atoms with Gasteiger partial charge in [-0.3, -0.25) is 4.79 Å². The first-order chi connectivity index (χ1) is 9.27. The minimum absolute atomic E-state index is 0.00212. The average molecular weight is 303 g/mol. The predicted molar refractivity (Wildman–Crippen MR) is 74.0 cm³/mol. The largest absolute Gasteiger partial charge is 0.338 e. The molecule has 2 aliphatic rings. The van der Waals surface area contributed by atoms with Gasteiger partial charge in [0, 0.05) is 25.0 Å². The Hall–Kier alpha value is -1.31. The normalized spacial score (nSPS) is 28.9. The molecule has 2 rings (SSSR count). The Morgan fingerprint density at radius 2 is 1.95 bits per heavy atom. The second kappa shape index (κ2) is 5.59. The van der Waals surface area contributed by atoms with E-state index in [2.05, 4.69) is 10.6 Å². The molecule has 0 radical (unpaired) electrons. The maximum atomic E-state index is 11.8. The lowest BCUT2D eigenvalue weighted by Gasteiger charge is -2.21. The van der Waals surface area contributed by atoms with Crippen LogP contribution in [0, 0.1) is 0 Å². The van der Waals surface area contributed by atoms with E-state index >= 15 is 0 Å². The number of amides is 3. The minimum Gasteiger partial charge on any atom is -0.338 e. The van der Waals surface area contributed by atoms with E-state index in [-0.39, 0.29) is 35.5 Å². The molecule has 2 heterocycles. The lowest BCUT2D eigenvalue weighted by molar-refractivity contribution is -0.129. The molecular formula is C12H21N3O4S. The topological polar surface area (TPSA) is 95.6 Å². The third kappa shape index (κ3) is 3.62. The number of rotatable bonds is 3. The van der Waals surface area contributed by atoms with Crippen LogP contribution in [0.4, 0.5) is 4.79 Å². The predicted octanol–water partition coefficient (Wildman–Crippen LogP) is -0.518. The van der Waals surface area contributed by atoms with Crippen molar-refractivity contribution in [2.75, 3.05) is 18.1 Å². The second-order valence-electron chi connectivity index (χ2n) is 5.76. The van der Waals surface area contributed by atoms with E-state index in [0.717, 1.165) is 0 Å². The molecule has 0 aliphatic carbocycles. The highest BCUT2D eigenvalue weighted by Gasteiger charge is 2.33. The van der Waals surface area contributed by atoms with Gasteiger partial charge in [-0.1, -0.05) is 0 Å². The van der Waals surface area contributed by atoms with E-state index in [9.17, 15) is 18.0 Å². The van der Waals surface area contributed by atoms with Crippen molar-refractivity contribution in [3.8, 4) is 0 Å². The van der Waals surface area contributed by atoms with Crippen LogP contribution >= 0.6 is 0 Å². The monoisotopic (exact) mass is 303 g/mol. The summed E-state index contributed by atoms with van der Waals surface area (Å²) < 4.78 is 22.6. The van der Waals surface area contributed by atoms with E-state index in [1.54, 1.807) is 4.90 Å². The Labute approximate surface area is 119 Å². The highest BCUT2D eigenvalue weighted by molar-refractivity contribution is 7.91. The average Bonchev–Trinajstić information content (AvgIpc) is 2.81. The van der Waals surface area contributed by atoms with Gasteiger partial charge in [0.2, 0.25) is 5.91 Å². The van der Waals surface area contributed by atoms with Crippen LogP contribution in [0.2, 0.25) is 0 Å². The van der Waals surface area contributed by atoms with Crippen molar-refractivity contribution in [1.29, 1.82) is 0 Å². The third-order valence-corrected chi connectivity index (χ3v) is 5.45. The Balaban J connectivity index is 1.80. The molecule has 0 bridgehead atoms. The molecule has 2 saturated heterocycles. The molecule has 0 spiro atoms. The van der Waals surface area contributed by atoms with Gasteiger partial charge in [0.15, 0.2) is 9.84 Å². The van der Waals surface area contributed by atoms with Crippen LogP contribution in [0.25, 0.3) is 0 Å². The molecule has 114 valence electrons. The van der Waals surface area contributed by atoms with Gasteiger partial charge < -0.3 is 15.5 Å². The molecule has 0 aromatic heterocycles. The molecular weight excluding hydrogens is 282 g/mol. The van der Waals surface area contributed by atoms with Gasteiger partial charge in [-0.15, -0.1) is 0 Å². The van der Waals surface area contributed by atoms with Crippen molar-refractivity contribution in [2.45, 2.75) is 44.8 Å². The summed E-state index contributed by atoms with van der Waals surface area (Å²) in [6.45, 7) is 4.38. The van der Waals surface area contributed by atoms with Crippen LogP contribution in [0.1, 0.15) is 26.7 Å². The number of sulfone groups is 1. The summed E-state index contributed by atoms with van der Waals surface area (Å²) in [5.41, 5.74) is 0. The Bertz CT molecular complexity index is 503. The van der Waals surface area contributed by atoms with Crippen molar-refractivity contribution >= 4 is 21.8 Å². The van der Waals surface area contributed by atoms with Gasteiger partial charge in [-0.05, 0) is 20.3 Å². The van der Waals surface area contributed by atoms with Crippen molar-refractivity contribution < 1.29 is 18.0 Å². The SMILES string of the molecule is CC(C)N1CC(NC(=O)NC2CCS(=O)(=O)C2)CC1=O. The number of nitrogens with one attached hydrogen (secondary N) is 2. The smallest absolute Gasteiger partial charge is 0.315 e. The molecule has 8 heteroatoms. The Kier molecular flexibility index (Phi) is 4.22. The Morgan fingerprint density at radius 1 is 1.30 bits per heavy atom. The van der Waals surface area contributed by atoms with E-state index in [1.165, 1.54) is 0 Å². The number of carbonyl (C=O) groups excluding carboxylic acids is 2. The van der Waals surface area contributed by atoms with Crippen LogP contribution in [-0.4, -0.2) is 61.4 Å². The lowest BCUT2D eigenvalue weighted by Crippen LogP contribution is -2.47. The van der Waals surface area contributed by atoms with Gasteiger partial charge in [0.05, 0.1) is 17.5 Å². The number of hydrogen-bond acceptors (Lipinski definition) is 4. The Morgan fingerprint density at radius 3 is 2.45 bits per heavy atom. The third-order valence-electron chi connectivity index (χ3n) is 3.68. The number of likely N-dealkylation sites (tertiary alicyclic amines) is 1. The number of nitrogens with zero attached hydrogens (tertiary/aromatic N) is 1. The molecule has 2 aliphatic heterocycles. The first-order valence-corrected chi connectivity index (χ1v) is 8.66. The van der Waals surface area contributed by atoms with Crippen LogP contribution in [0.3, 0.4) is 0 Å². The summed E-state index contributed by atoms with van der Waals surface area (Å²) >= 11 is 0. The molecule has 0 aromatic rings. The lowest BCUT2D eigenvalue weighted by atomic mass is 10.2. The second-order valence-corrected chi connectivity index (χ2v) is 7.99. The van der Waals surface area contributed by atoms with E-state index < -0.39 is 15.9 Å². The molecule has 0 aromatic carbocycles. The summed E-state index contributed by atoms with van der Waals surface area (Å²) in [6, 6.07) is -0.797. The zero-order valence-corrected chi connectivity index (χ0v) is 12.6. The summed E-state index contributed by atoms with van der Waals surface area (Å²) in [4.78, 5) is 25.2. The van der Waals surface area contributed by atoms with E-state index in [1.807, 2.05) is 13.8 Å². The number of carbonyl (C=O) groups is 2. The van der Waals surface area contributed by atoms with Crippen molar-refractivity contribution in [1.82, 2.24) is 15.5 Å². The van der Waals surface area contributed by atoms with Crippen molar-refractivity contribution in [3.05, 3.63) is 0 Å². The summed E-state index contributed by atoms with van der Waals surface area (Å²) in [5, 5.41) is 5.40. The molecule has 0 saturated carbocycles. The van der Waals surface area contributed by atoms with Crippen LogP contribution < -0.4 is 10.6 Å².